The lowest BCUT2D eigenvalue weighted by Gasteiger charge is -2.11. The molecule has 0 heterocycles. The van der Waals surface area contributed by atoms with Gasteiger partial charge in [-0.1, -0.05) is 19.3 Å². The number of terminal acetylenes is 1. The molecule has 0 saturated carbocycles. The van der Waals surface area contributed by atoms with Crippen LogP contribution >= 0.6 is 0 Å². The standard InChI is InChI=1S/C11H19NO3/c1-4-6-10(5-2)12-11(13)9-15-8-7-14-3/h2,10H,4,6-9H2,1,3H3,(H,12,13). The van der Waals surface area contributed by atoms with Crippen LogP contribution in [0.2, 0.25) is 0 Å². The summed E-state index contributed by atoms with van der Waals surface area (Å²) in [6, 6.07) is -0.187. The molecule has 0 rings (SSSR count). The van der Waals surface area contributed by atoms with Gasteiger partial charge in [-0.25, -0.2) is 0 Å². The number of carbonyl (C=O) groups is 1. The normalized spacial score (nSPS) is 11.8. The fourth-order valence-corrected chi connectivity index (χ4v) is 1.03. The molecule has 86 valence electrons. The number of hydrogen-bond acceptors (Lipinski definition) is 3. The summed E-state index contributed by atoms with van der Waals surface area (Å²) < 4.78 is 9.83. The van der Waals surface area contributed by atoms with E-state index in [4.69, 9.17) is 15.9 Å². The van der Waals surface area contributed by atoms with Gasteiger partial charge in [-0.3, -0.25) is 4.79 Å². The second-order valence-electron chi connectivity index (χ2n) is 3.12. The summed E-state index contributed by atoms with van der Waals surface area (Å²) in [5.41, 5.74) is 0. The summed E-state index contributed by atoms with van der Waals surface area (Å²) in [4.78, 5) is 11.3. The Balaban J connectivity index is 3.58. The van der Waals surface area contributed by atoms with Gasteiger partial charge in [0, 0.05) is 7.11 Å². The van der Waals surface area contributed by atoms with E-state index in [1.54, 1.807) is 7.11 Å². The SMILES string of the molecule is C#CC(CCC)NC(=O)COCCOC. The summed E-state index contributed by atoms with van der Waals surface area (Å²) in [6.45, 7) is 2.95. The summed E-state index contributed by atoms with van der Waals surface area (Å²) in [5.74, 6) is 2.35. The van der Waals surface area contributed by atoms with Crippen LogP contribution in [0.4, 0.5) is 0 Å². The zero-order chi connectivity index (χ0) is 11.5. The topological polar surface area (TPSA) is 47.6 Å². The van der Waals surface area contributed by atoms with Crippen LogP contribution in [0.5, 0.6) is 0 Å². The Bertz CT molecular complexity index is 210. The molecular weight excluding hydrogens is 194 g/mol. The number of rotatable bonds is 8. The van der Waals surface area contributed by atoms with E-state index in [1.807, 2.05) is 6.92 Å². The van der Waals surface area contributed by atoms with Crippen molar-refractivity contribution >= 4 is 5.91 Å². The molecule has 0 aromatic heterocycles. The maximum atomic E-state index is 11.3. The van der Waals surface area contributed by atoms with E-state index in [0.717, 1.165) is 12.8 Å². The van der Waals surface area contributed by atoms with Crippen molar-refractivity contribution in [2.45, 2.75) is 25.8 Å². The first kappa shape index (κ1) is 13.9. The van der Waals surface area contributed by atoms with E-state index in [2.05, 4.69) is 11.2 Å². The highest BCUT2D eigenvalue weighted by Gasteiger charge is 2.07. The lowest BCUT2D eigenvalue weighted by molar-refractivity contribution is -0.126. The Morgan fingerprint density at radius 2 is 2.27 bits per heavy atom. The highest BCUT2D eigenvalue weighted by Crippen LogP contribution is 1.94. The molecule has 1 N–H and O–H groups in total. The van der Waals surface area contributed by atoms with Gasteiger partial charge in [-0.05, 0) is 6.42 Å². The number of hydrogen-bond donors (Lipinski definition) is 1. The van der Waals surface area contributed by atoms with Crippen LogP contribution in [0.25, 0.3) is 0 Å². The third kappa shape index (κ3) is 7.98. The first-order valence-corrected chi connectivity index (χ1v) is 5.06. The van der Waals surface area contributed by atoms with Crippen LogP contribution in [0.3, 0.4) is 0 Å². The fourth-order valence-electron chi connectivity index (χ4n) is 1.03. The predicted octanol–water partition coefficient (Wildman–Crippen LogP) is 0.567. The van der Waals surface area contributed by atoms with E-state index in [0.29, 0.717) is 13.2 Å². The first-order valence-electron chi connectivity index (χ1n) is 5.06. The molecular formula is C11H19NO3. The zero-order valence-electron chi connectivity index (χ0n) is 9.41. The summed E-state index contributed by atoms with van der Waals surface area (Å²) >= 11 is 0. The summed E-state index contributed by atoms with van der Waals surface area (Å²) in [7, 11) is 1.58. The van der Waals surface area contributed by atoms with Gasteiger partial charge < -0.3 is 14.8 Å². The second kappa shape index (κ2) is 9.50. The molecule has 0 spiro atoms. The minimum Gasteiger partial charge on any atom is -0.382 e. The minimum atomic E-state index is -0.187. The zero-order valence-corrected chi connectivity index (χ0v) is 9.41. The molecule has 4 heteroatoms. The van der Waals surface area contributed by atoms with Gasteiger partial charge in [-0.2, -0.15) is 0 Å². The van der Waals surface area contributed by atoms with Gasteiger partial charge in [0.2, 0.25) is 5.91 Å². The first-order chi connectivity index (χ1) is 7.24. The molecule has 0 radical (unpaired) electrons. The van der Waals surface area contributed by atoms with E-state index in [1.165, 1.54) is 0 Å². The van der Waals surface area contributed by atoms with Crippen molar-refractivity contribution in [3.8, 4) is 12.3 Å². The smallest absolute Gasteiger partial charge is 0.246 e. The van der Waals surface area contributed by atoms with Crippen LogP contribution in [0.15, 0.2) is 0 Å². The minimum absolute atomic E-state index is 0.0330. The quantitative estimate of drug-likeness (QED) is 0.473. The molecule has 0 saturated heterocycles. The van der Waals surface area contributed by atoms with Crippen molar-refractivity contribution in [2.75, 3.05) is 26.9 Å². The Kier molecular flexibility index (Phi) is 8.84. The van der Waals surface area contributed by atoms with E-state index >= 15 is 0 Å². The van der Waals surface area contributed by atoms with Gasteiger partial charge in [0.25, 0.3) is 0 Å². The Morgan fingerprint density at radius 3 is 2.80 bits per heavy atom. The fraction of sp³-hybridized carbons (Fsp3) is 0.727. The van der Waals surface area contributed by atoms with E-state index < -0.39 is 0 Å². The average molecular weight is 213 g/mol. The van der Waals surface area contributed by atoms with Crippen molar-refractivity contribution in [3.63, 3.8) is 0 Å². The van der Waals surface area contributed by atoms with Crippen LogP contribution in [-0.4, -0.2) is 38.9 Å². The van der Waals surface area contributed by atoms with Crippen LogP contribution in [0, 0.1) is 12.3 Å². The highest BCUT2D eigenvalue weighted by molar-refractivity contribution is 5.77. The van der Waals surface area contributed by atoms with Crippen molar-refractivity contribution in [1.29, 1.82) is 0 Å². The Morgan fingerprint density at radius 1 is 1.53 bits per heavy atom. The molecule has 0 aliphatic heterocycles. The van der Waals surface area contributed by atoms with Crippen LogP contribution in [-0.2, 0) is 14.3 Å². The lowest BCUT2D eigenvalue weighted by atomic mass is 10.2. The number of carbonyl (C=O) groups excluding carboxylic acids is 1. The van der Waals surface area contributed by atoms with Crippen molar-refractivity contribution in [3.05, 3.63) is 0 Å². The average Bonchev–Trinajstić information content (AvgIpc) is 2.24. The third-order valence-electron chi connectivity index (χ3n) is 1.78. The van der Waals surface area contributed by atoms with Gasteiger partial charge >= 0.3 is 0 Å². The largest absolute Gasteiger partial charge is 0.382 e. The van der Waals surface area contributed by atoms with Crippen LogP contribution in [0.1, 0.15) is 19.8 Å². The summed E-state index contributed by atoms with van der Waals surface area (Å²) in [5, 5.41) is 2.70. The molecule has 1 unspecified atom stereocenters. The third-order valence-corrected chi connectivity index (χ3v) is 1.78. The Labute approximate surface area is 91.3 Å². The molecule has 0 bridgehead atoms. The molecule has 0 fully saturated rings. The maximum Gasteiger partial charge on any atom is 0.246 e. The molecule has 0 aliphatic rings. The molecule has 1 amide bonds. The van der Waals surface area contributed by atoms with Crippen molar-refractivity contribution in [1.82, 2.24) is 5.32 Å². The van der Waals surface area contributed by atoms with Gasteiger partial charge in [0.05, 0.1) is 19.3 Å². The molecule has 0 aromatic carbocycles. The lowest BCUT2D eigenvalue weighted by Crippen LogP contribution is -2.36. The van der Waals surface area contributed by atoms with E-state index in [9.17, 15) is 4.79 Å². The van der Waals surface area contributed by atoms with Crippen molar-refractivity contribution < 1.29 is 14.3 Å². The van der Waals surface area contributed by atoms with Gasteiger partial charge in [-0.15, -0.1) is 6.42 Å². The van der Waals surface area contributed by atoms with Crippen LogP contribution < -0.4 is 5.32 Å². The van der Waals surface area contributed by atoms with Gasteiger partial charge in [0.15, 0.2) is 0 Å². The molecule has 1 atom stereocenters. The van der Waals surface area contributed by atoms with Crippen molar-refractivity contribution in [2.24, 2.45) is 0 Å². The number of methoxy groups -OCH3 is 1. The van der Waals surface area contributed by atoms with Gasteiger partial charge in [0.1, 0.15) is 6.61 Å². The monoisotopic (exact) mass is 213 g/mol. The van der Waals surface area contributed by atoms with E-state index in [-0.39, 0.29) is 18.6 Å². The number of ether oxygens (including phenoxy) is 2. The second-order valence-corrected chi connectivity index (χ2v) is 3.12. The maximum absolute atomic E-state index is 11.3. The number of amides is 1. The molecule has 4 nitrogen and oxygen atoms in total. The number of nitrogens with one attached hydrogen (secondary N) is 1. The summed E-state index contributed by atoms with van der Waals surface area (Å²) in [6.07, 6.45) is 6.99. The molecule has 15 heavy (non-hydrogen) atoms. The highest BCUT2D eigenvalue weighted by atomic mass is 16.5. The Hall–Kier alpha value is -1.05. The predicted molar refractivity (Wildman–Crippen MR) is 58.4 cm³/mol. The molecule has 0 aliphatic carbocycles. The molecule has 0 aromatic rings.